The van der Waals surface area contributed by atoms with Crippen molar-refractivity contribution in [3.63, 3.8) is 0 Å². The lowest BCUT2D eigenvalue weighted by atomic mass is 9.85. The van der Waals surface area contributed by atoms with Crippen LogP contribution < -0.4 is 10.1 Å². The van der Waals surface area contributed by atoms with Crippen LogP contribution in [0.15, 0.2) is 113 Å². The van der Waals surface area contributed by atoms with Gasteiger partial charge in [0.1, 0.15) is 41.7 Å². The fraction of sp³-hybridized carbons (Fsp3) is 0.222. The molecule has 0 saturated heterocycles. The number of fused-ring (bicyclic) bond motifs is 1. The molecule has 5 aromatic rings. The summed E-state index contributed by atoms with van der Waals surface area (Å²) in [6, 6.07) is 23.0. The Morgan fingerprint density at radius 3 is 2.58 bits per heavy atom. The molecule has 0 radical (unpaired) electrons. The molecule has 8 nitrogen and oxygen atoms in total. The molecule has 248 valence electrons. The van der Waals surface area contributed by atoms with Crippen LogP contribution in [0.4, 0.5) is 20.3 Å². The van der Waals surface area contributed by atoms with Gasteiger partial charge in [-0.05, 0) is 88.9 Å². The smallest absolute Gasteiger partial charge is 0.180 e. The fourth-order valence-electron chi connectivity index (χ4n) is 5.56. The molecule has 1 unspecified atom stereocenters. The summed E-state index contributed by atoms with van der Waals surface area (Å²) in [4.78, 5) is 9.00. The average Bonchev–Trinajstić information content (AvgIpc) is 3.56. The number of anilines is 2. The van der Waals surface area contributed by atoms with Gasteiger partial charge in [0.05, 0.1) is 33.5 Å². The average molecular weight is 737 g/mol. The van der Waals surface area contributed by atoms with Crippen LogP contribution in [-0.4, -0.2) is 37.4 Å². The van der Waals surface area contributed by atoms with Crippen LogP contribution in [-0.2, 0) is 31.5 Å². The molecular weight excluding hydrogens is 704 g/mol. The fourth-order valence-corrected chi connectivity index (χ4v) is 7.19. The first-order valence-corrected chi connectivity index (χ1v) is 17.7. The molecule has 0 saturated carbocycles. The zero-order valence-corrected chi connectivity index (χ0v) is 28.1. The first kappa shape index (κ1) is 33.5. The minimum atomic E-state index is -3.44. The first-order valence-electron chi connectivity index (χ1n) is 15.3. The van der Waals surface area contributed by atoms with E-state index in [9.17, 15) is 12.8 Å². The van der Waals surface area contributed by atoms with Crippen molar-refractivity contribution in [3.05, 3.63) is 131 Å². The van der Waals surface area contributed by atoms with E-state index < -0.39 is 21.3 Å². The van der Waals surface area contributed by atoms with Gasteiger partial charge in [0.25, 0.3) is 0 Å². The van der Waals surface area contributed by atoms with Gasteiger partial charge in [-0.1, -0.05) is 30.3 Å². The maximum absolute atomic E-state index is 15.7. The van der Waals surface area contributed by atoms with E-state index in [4.69, 9.17) is 14.2 Å². The van der Waals surface area contributed by atoms with Gasteiger partial charge in [-0.25, -0.2) is 27.2 Å². The minimum Gasteiger partial charge on any atom is -0.490 e. The second kappa shape index (κ2) is 14.8. The van der Waals surface area contributed by atoms with E-state index in [1.54, 1.807) is 60.9 Å². The van der Waals surface area contributed by atoms with Crippen molar-refractivity contribution < 1.29 is 31.4 Å². The molecule has 0 aliphatic carbocycles. The number of ether oxygens (including phenoxy) is 3. The van der Waals surface area contributed by atoms with Crippen molar-refractivity contribution in [2.45, 2.75) is 36.4 Å². The third-order valence-corrected chi connectivity index (χ3v) is 10.3. The Balaban J connectivity index is 1.13. The van der Waals surface area contributed by atoms with Crippen LogP contribution in [0.2, 0.25) is 0 Å². The predicted molar refractivity (Wildman–Crippen MR) is 183 cm³/mol. The molecule has 2 heterocycles. The van der Waals surface area contributed by atoms with Crippen LogP contribution in [0.5, 0.6) is 5.75 Å². The molecule has 4 aromatic carbocycles. The SMILES string of the molecule is O=S(=O)(CCOCCCC1(c2cc3c(Nc4ccc(OCc5cccc(F)c5)c(Br)c4)ncnc3cc2F)CC=CO1)c1ccccc1. The summed E-state index contributed by atoms with van der Waals surface area (Å²) in [6.07, 6.45) is 6.21. The van der Waals surface area contributed by atoms with Crippen LogP contribution in [0, 0.1) is 11.6 Å². The standard InChI is InChI=1S/C36H32BrF2N3O5S/c37-31-20-27(11-12-34(31)46-23-25-7-4-8-26(38)19-25)42-35-29-21-30(32(39)22-33(29)40-24-41-35)36(14-6-16-47-36)13-5-15-45-17-18-48(43,44)28-9-2-1-3-10-28/h1-4,6-12,16,19-22,24H,5,13-15,17-18,23H2,(H,40,41,42). The molecule has 0 bridgehead atoms. The molecule has 0 fully saturated rings. The Morgan fingerprint density at radius 1 is 0.958 bits per heavy atom. The van der Waals surface area contributed by atoms with Crippen molar-refractivity contribution in [2.75, 3.05) is 24.3 Å². The summed E-state index contributed by atoms with van der Waals surface area (Å²) in [5.74, 6) is 0.154. The Hall–Kier alpha value is -4.39. The van der Waals surface area contributed by atoms with Gasteiger partial charge in [0.2, 0.25) is 0 Å². The lowest BCUT2D eigenvalue weighted by Gasteiger charge is -2.30. The molecule has 1 aliphatic rings. The monoisotopic (exact) mass is 735 g/mol. The summed E-state index contributed by atoms with van der Waals surface area (Å²) in [7, 11) is -3.44. The van der Waals surface area contributed by atoms with Crippen molar-refractivity contribution in [3.8, 4) is 5.75 Å². The maximum Gasteiger partial charge on any atom is 0.180 e. The lowest BCUT2D eigenvalue weighted by Crippen LogP contribution is -2.27. The number of hydrogen-bond acceptors (Lipinski definition) is 8. The topological polar surface area (TPSA) is 99.6 Å². The number of nitrogens with one attached hydrogen (secondary N) is 1. The molecule has 6 rings (SSSR count). The van der Waals surface area contributed by atoms with E-state index in [0.29, 0.717) is 63.0 Å². The molecule has 48 heavy (non-hydrogen) atoms. The molecule has 1 atom stereocenters. The number of nitrogens with zero attached hydrogens (tertiary/aromatic N) is 2. The first-order chi connectivity index (χ1) is 23.2. The van der Waals surface area contributed by atoms with Crippen LogP contribution in [0.1, 0.15) is 30.4 Å². The normalized spacial score (nSPS) is 15.8. The summed E-state index contributed by atoms with van der Waals surface area (Å²) in [6.45, 7) is 0.544. The van der Waals surface area contributed by atoms with Gasteiger partial charge in [0, 0.05) is 35.7 Å². The highest BCUT2D eigenvalue weighted by Crippen LogP contribution is 2.42. The number of hydrogen-bond donors (Lipinski definition) is 1. The zero-order valence-electron chi connectivity index (χ0n) is 25.7. The number of rotatable bonds is 14. The van der Waals surface area contributed by atoms with Crippen molar-refractivity contribution in [2.24, 2.45) is 0 Å². The molecular formula is C36H32BrF2N3O5S. The van der Waals surface area contributed by atoms with Crippen LogP contribution >= 0.6 is 15.9 Å². The van der Waals surface area contributed by atoms with Gasteiger partial charge < -0.3 is 19.5 Å². The number of halogens is 3. The summed E-state index contributed by atoms with van der Waals surface area (Å²) < 4.78 is 72.6. The highest BCUT2D eigenvalue weighted by Gasteiger charge is 2.38. The largest absolute Gasteiger partial charge is 0.490 e. The van der Waals surface area contributed by atoms with E-state index in [1.807, 2.05) is 18.2 Å². The second-order valence-electron chi connectivity index (χ2n) is 11.3. The van der Waals surface area contributed by atoms with Crippen LogP contribution in [0.25, 0.3) is 10.9 Å². The van der Waals surface area contributed by atoms with Gasteiger partial charge in [-0.2, -0.15) is 0 Å². The number of sulfone groups is 1. The maximum atomic E-state index is 15.7. The summed E-state index contributed by atoms with van der Waals surface area (Å²) in [5.41, 5.74) is 1.24. The van der Waals surface area contributed by atoms with E-state index in [1.165, 1.54) is 24.5 Å². The van der Waals surface area contributed by atoms with E-state index in [2.05, 4.69) is 31.2 Å². The van der Waals surface area contributed by atoms with Crippen molar-refractivity contribution in [1.82, 2.24) is 9.97 Å². The third kappa shape index (κ3) is 7.83. The van der Waals surface area contributed by atoms with Gasteiger partial charge in [-0.3, -0.25) is 0 Å². The van der Waals surface area contributed by atoms with Gasteiger partial charge >= 0.3 is 0 Å². The van der Waals surface area contributed by atoms with Gasteiger partial charge in [-0.15, -0.1) is 0 Å². The molecule has 1 aromatic heterocycles. The quantitative estimate of drug-likeness (QED) is 0.114. The molecule has 12 heteroatoms. The van der Waals surface area contributed by atoms with E-state index in [-0.39, 0.29) is 36.3 Å². The number of benzene rings is 4. The molecule has 1 N–H and O–H groups in total. The Kier molecular flexibility index (Phi) is 10.3. The highest BCUT2D eigenvalue weighted by atomic mass is 79.9. The van der Waals surface area contributed by atoms with Crippen molar-refractivity contribution in [1.29, 1.82) is 0 Å². The highest BCUT2D eigenvalue weighted by molar-refractivity contribution is 9.10. The Morgan fingerprint density at radius 2 is 1.81 bits per heavy atom. The Labute approximate surface area is 285 Å². The lowest BCUT2D eigenvalue weighted by molar-refractivity contribution is 0.0181. The summed E-state index contributed by atoms with van der Waals surface area (Å²) in [5, 5.41) is 3.91. The molecule has 1 aliphatic heterocycles. The summed E-state index contributed by atoms with van der Waals surface area (Å²) >= 11 is 3.55. The van der Waals surface area contributed by atoms with E-state index >= 15 is 4.39 Å². The number of aromatic nitrogens is 2. The zero-order chi connectivity index (χ0) is 33.6. The van der Waals surface area contributed by atoms with Crippen LogP contribution in [0.3, 0.4) is 0 Å². The third-order valence-electron chi connectivity index (χ3n) is 8.00. The van der Waals surface area contributed by atoms with Gasteiger partial charge in [0.15, 0.2) is 9.84 Å². The predicted octanol–water partition coefficient (Wildman–Crippen LogP) is 8.39. The minimum absolute atomic E-state index is 0.0519. The van der Waals surface area contributed by atoms with Crippen molar-refractivity contribution >= 4 is 48.2 Å². The Bertz CT molecular complexity index is 2040. The van der Waals surface area contributed by atoms with E-state index in [0.717, 1.165) is 0 Å². The molecule has 0 amide bonds. The molecule has 0 spiro atoms. The second-order valence-corrected chi connectivity index (χ2v) is 14.3.